The highest BCUT2D eigenvalue weighted by Gasteiger charge is 2.22. The van der Waals surface area contributed by atoms with Crippen LogP contribution in [0.1, 0.15) is 41.0 Å². The van der Waals surface area contributed by atoms with Crippen LogP contribution in [0.2, 0.25) is 0 Å². The Kier molecular flexibility index (Phi) is 7.27. The zero-order chi connectivity index (χ0) is 13.5. The molecular formula is C12H22O4S. The van der Waals surface area contributed by atoms with Crippen molar-refractivity contribution in [1.29, 1.82) is 0 Å². The number of rotatable bonds is 6. The predicted octanol–water partition coefficient (Wildman–Crippen LogP) is 2.40. The molecular weight excluding hydrogens is 240 g/mol. The molecule has 0 heterocycles. The Morgan fingerprint density at radius 1 is 1.24 bits per heavy atom. The Morgan fingerprint density at radius 2 is 1.82 bits per heavy atom. The monoisotopic (exact) mass is 262 g/mol. The van der Waals surface area contributed by atoms with E-state index in [1.807, 2.05) is 27.7 Å². The normalized spacial score (nSPS) is 13.0. The second-order valence-electron chi connectivity index (χ2n) is 4.55. The first-order valence-electron chi connectivity index (χ1n) is 5.80. The summed E-state index contributed by atoms with van der Waals surface area (Å²) in [4.78, 5) is 22.9. The maximum atomic E-state index is 11.5. The minimum atomic E-state index is -0.483. The van der Waals surface area contributed by atoms with Gasteiger partial charge in [0.05, 0.1) is 12.4 Å². The van der Waals surface area contributed by atoms with Gasteiger partial charge >= 0.3 is 11.9 Å². The average molecular weight is 262 g/mol. The fourth-order valence-corrected chi connectivity index (χ4v) is 1.96. The fraction of sp³-hybridized carbons (Fsp3) is 0.833. The van der Waals surface area contributed by atoms with E-state index in [0.29, 0.717) is 13.0 Å². The fourth-order valence-electron chi connectivity index (χ4n) is 1.13. The average Bonchev–Trinajstić information content (AvgIpc) is 2.16. The lowest BCUT2D eigenvalue weighted by Gasteiger charge is -2.20. The molecule has 4 nitrogen and oxygen atoms in total. The Morgan fingerprint density at radius 3 is 2.24 bits per heavy atom. The number of ether oxygens (including phenoxy) is 2. The van der Waals surface area contributed by atoms with E-state index < -0.39 is 5.60 Å². The number of esters is 2. The van der Waals surface area contributed by atoms with Crippen LogP contribution >= 0.6 is 11.8 Å². The van der Waals surface area contributed by atoms with E-state index in [2.05, 4.69) is 0 Å². The molecule has 100 valence electrons. The topological polar surface area (TPSA) is 52.6 Å². The summed E-state index contributed by atoms with van der Waals surface area (Å²) in [6, 6.07) is 0. The molecule has 5 heteroatoms. The zero-order valence-electron chi connectivity index (χ0n) is 11.2. The number of hydrogen-bond acceptors (Lipinski definition) is 5. The van der Waals surface area contributed by atoms with Crippen LogP contribution in [0, 0.1) is 0 Å². The molecule has 0 saturated heterocycles. The summed E-state index contributed by atoms with van der Waals surface area (Å²) in [6.07, 6.45) is 0.645. The SMILES string of the molecule is CCOC(=O)C(CC)SCC(=O)OC(C)(C)C. The van der Waals surface area contributed by atoms with Crippen LogP contribution < -0.4 is 0 Å². The van der Waals surface area contributed by atoms with E-state index in [1.165, 1.54) is 11.8 Å². The van der Waals surface area contributed by atoms with Crippen molar-refractivity contribution in [2.75, 3.05) is 12.4 Å². The van der Waals surface area contributed by atoms with Crippen LogP contribution in [0.3, 0.4) is 0 Å². The van der Waals surface area contributed by atoms with E-state index in [0.717, 1.165) is 0 Å². The quantitative estimate of drug-likeness (QED) is 0.688. The largest absolute Gasteiger partial charge is 0.465 e. The van der Waals surface area contributed by atoms with Gasteiger partial charge in [0.2, 0.25) is 0 Å². The molecule has 0 bridgehead atoms. The minimum absolute atomic E-state index is 0.175. The molecule has 0 N–H and O–H groups in total. The van der Waals surface area contributed by atoms with Crippen molar-refractivity contribution in [1.82, 2.24) is 0 Å². The van der Waals surface area contributed by atoms with Crippen LogP contribution in [-0.4, -0.2) is 35.1 Å². The van der Waals surface area contributed by atoms with Gasteiger partial charge in [0, 0.05) is 0 Å². The molecule has 0 spiro atoms. The Bertz CT molecular complexity index is 258. The molecule has 0 aliphatic heterocycles. The van der Waals surface area contributed by atoms with Crippen molar-refractivity contribution in [3.05, 3.63) is 0 Å². The van der Waals surface area contributed by atoms with Gasteiger partial charge in [-0.25, -0.2) is 0 Å². The van der Waals surface area contributed by atoms with E-state index in [4.69, 9.17) is 9.47 Å². The van der Waals surface area contributed by atoms with Gasteiger partial charge in [-0.05, 0) is 34.1 Å². The summed E-state index contributed by atoms with van der Waals surface area (Å²) < 4.78 is 10.1. The molecule has 1 atom stereocenters. The van der Waals surface area contributed by atoms with Crippen molar-refractivity contribution >= 4 is 23.7 Å². The Labute approximate surface area is 107 Å². The third kappa shape index (κ3) is 8.07. The van der Waals surface area contributed by atoms with E-state index in [-0.39, 0.29) is 22.9 Å². The molecule has 17 heavy (non-hydrogen) atoms. The van der Waals surface area contributed by atoms with Gasteiger partial charge in [0.1, 0.15) is 10.9 Å². The van der Waals surface area contributed by atoms with E-state index in [9.17, 15) is 9.59 Å². The molecule has 0 aliphatic carbocycles. The second-order valence-corrected chi connectivity index (χ2v) is 5.74. The lowest BCUT2D eigenvalue weighted by molar-refractivity contribution is -0.151. The van der Waals surface area contributed by atoms with Crippen molar-refractivity contribution in [3.63, 3.8) is 0 Å². The molecule has 0 rings (SSSR count). The highest BCUT2D eigenvalue weighted by molar-refractivity contribution is 8.01. The van der Waals surface area contributed by atoms with Crippen molar-refractivity contribution < 1.29 is 19.1 Å². The van der Waals surface area contributed by atoms with Crippen LogP contribution in [-0.2, 0) is 19.1 Å². The molecule has 0 saturated carbocycles. The van der Waals surface area contributed by atoms with Gasteiger partial charge in [0.15, 0.2) is 0 Å². The molecule has 0 aromatic heterocycles. The molecule has 0 aliphatic rings. The van der Waals surface area contributed by atoms with Crippen molar-refractivity contribution in [2.24, 2.45) is 0 Å². The number of carbonyl (C=O) groups excluding carboxylic acids is 2. The summed E-state index contributed by atoms with van der Waals surface area (Å²) in [7, 11) is 0. The first-order valence-corrected chi connectivity index (χ1v) is 6.85. The first-order chi connectivity index (χ1) is 7.80. The van der Waals surface area contributed by atoms with Gasteiger partial charge in [-0.3, -0.25) is 9.59 Å². The Balaban J connectivity index is 4.07. The standard InChI is InChI=1S/C12H22O4S/c1-6-9(11(14)15-7-2)17-8-10(13)16-12(3,4)5/h9H,6-8H2,1-5H3. The third-order valence-electron chi connectivity index (χ3n) is 1.74. The molecule has 0 aromatic rings. The smallest absolute Gasteiger partial charge is 0.319 e. The number of thioether (sulfide) groups is 1. The maximum Gasteiger partial charge on any atom is 0.319 e. The van der Waals surface area contributed by atoms with Gasteiger partial charge in [-0.1, -0.05) is 6.92 Å². The van der Waals surface area contributed by atoms with Crippen molar-refractivity contribution in [2.45, 2.75) is 51.9 Å². The van der Waals surface area contributed by atoms with Gasteiger partial charge in [-0.15, -0.1) is 11.8 Å². The van der Waals surface area contributed by atoms with Gasteiger partial charge < -0.3 is 9.47 Å². The Hall–Kier alpha value is -0.710. The second kappa shape index (κ2) is 7.58. The van der Waals surface area contributed by atoms with Gasteiger partial charge in [0.25, 0.3) is 0 Å². The highest BCUT2D eigenvalue weighted by Crippen LogP contribution is 2.18. The summed E-state index contributed by atoms with van der Waals surface area (Å²) in [5.41, 5.74) is -0.483. The van der Waals surface area contributed by atoms with Gasteiger partial charge in [-0.2, -0.15) is 0 Å². The molecule has 1 unspecified atom stereocenters. The van der Waals surface area contributed by atoms with Crippen LogP contribution in [0.4, 0.5) is 0 Å². The summed E-state index contributed by atoms with van der Waals surface area (Å²) in [5, 5.41) is -0.289. The summed E-state index contributed by atoms with van der Waals surface area (Å²) in [5.74, 6) is -0.386. The molecule has 0 amide bonds. The molecule has 0 radical (unpaired) electrons. The number of carbonyl (C=O) groups is 2. The molecule has 0 fully saturated rings. The molecule has 0 aromatic carbocycles. The lowest BCUT2D eigenvalue weighted by Crippen LogP contribution is -2.27. The van der Waals surface area contributed by atoms with Crippen molar-refractivity contribution in [3.8, 4) is 0 Å². The lowest BCUT2D eigenvalue weighted by atomic mass is 10.2. The maximum absolute atomic E-state index is 11.5. The van der Waals surface area contributed by atoms with Crippen LogP contribution in [0.15, 0.2) is 0 Å². The zero-order valence-corrected chi connectivity index (χ0v) is 12.1. The van der Waals surface area contributed by atoms with Crippen LogP contribution in [0.5, 0.6) is 0 Å². The van der Waals surface area contributed by atoms with E-state index in [1.54, 1.807) is 6.92 Å². The predicted molar refractivity (Wildman–Crippen MR) is 69.0 cm³/mol. The highest BCUT2D eigenvalue weighted by atomic mass is 32.2. The summed E-state index contributed by atoms with van der Waals surface area (Å²) in [6.45, 7) is 9.48. The summed E-state index contributed by atoms with van der Waals surface area (Å²) >= 11 is 1.27. The minimum Gasteiger partial charge on any atom is -0.465 e. The van der Waals surface area contributed by atoms with E-state index >= 15 is 0 Å². The third-order valence-corrected chi connectivity index (χ3v) is 3.07. The van der Waals surface area contributed by atoms with Crippen LogP contribution in [0.25, 0.3) is 0 Å². The number of hydrogen-bond donors (Lipinski definition) is 0. The first kappa shape index (κ1) is 16.3.